The van der Waals surface area contributed by atoms with Gasteiger partial charge in [-0.2, -0.15) is 0 Å². The van der Waals surface area contributed by atoms with E-state index < -0.39 is 12.0 Å². The largest absolute Gasteiger partial charge is 0.478 e. The molecule has 0 aromatic rings. The molecule has 0 saturated carbocycles. The van der Waals surface area contributed by atoms with Gasteiger partial charge in [-0.25, -0.2) is 4.79 Å². The highest BCUT2D eigenvalue weighted by molar-refractivity contribution is 5.86. The highest BCUT2D eigenvalue weighted by atomic mass is 17.0. The molecule has 0 bridgehead atoms. The standard InChI is InChI=1S/C9H17NO6/c1-7(9(13)14)8(2)10(15-5-3-11)16-6-4-12/h8,11-12H,1,3-6H2,2H3,(H,13,14). The van der Waals surface area contributed by atoms with Gasteiger partial charge in [-0.15, -0.1) is 0 Å². The monoisotopic (exact) mass is 235 g/mol. The number of hydrogen-bond donors (Lipinski definition) is 3. The summed E-state index contributed by atoms with van der Waals surface area (Å²) >= 11 is 0. The summed E-state index contributed by atoms with van der Waals surface area (Å²) in [6.07, 6.45) is 0. The molecule has 1 atom stereocenters. The van der Waals surface area contributed by atoms with E-state index in [2.05, 4.69) is 6.58 Å². The van der Waals surface area contributed by atoms with Crippen molar-refractivity contribution in [3.05, 3.63) is 12.2 Å². The van der Waals surface area contributed by atoms with E-state index in [-0.39, 0.29) is 32.0 Å². The Morgan fingerprint density at radius 2 is 1.75 bits per heavy atom. The lowest BCUT2D eigenvalue weighted by Crippen LogP contribution is -2.38. The van der Waals surface area contributed by atoms with Crippen molar-refractivity contribution >= 4 is 5.97 Å². The molecule has 0 amide bonds. The van der Waals surface area contributed by atoms with E-state index in [4.69, 9.17) is 25.0 Å². The van der Waals surface area contributed by atoms with Crippen molar-refractivity contribution in [2.45, 2.75) is 13.0 Å². The minimum absolute atomic E-state index is 0.0390. The van der Waals surface area contributed by atoms with Crippen LogP contribution in [0, 0.1) is 0 Å². The van der Waals surface area contributed by atoms with Gasteiger partial charge in [-0.1, -0.05) is 11.8 Å². The van der Waals surface area contributed by atoms with Crippen LogP contribution in [0.25, 0.3) is 0 Å². The first-order valence-corrected chi connectivity index (χ1v) is 4.73. The number of hydrogen-bond acceptors (Lipinski definition) is 6. The molecular weight excluding hydrogens is 218 g/mol. The fourth-order valence-electron chi connectivity index (χ4n) is 0.828. The third-order valence-corrected chi connectivity index (χ3v) is 1.71. The van der Waals surface area contributed by atoms with Gasteiger partial charge in [0.1, 0.15) is 0 Å². The Morgan fingerprint density at radius 1 is 1.31 bits per heavy atom. The molecule has 3 N–H and O–H groups in total. The minimum Gasteiger partial charge on any atom is -0.478 e. The molecule has 0 saturated heterocycles. The summed E-state index contributed by atoms with van der Waals surface area (Å²) in [5.74, 6) is -1.17. The van der Waals surface area contributed by atoms with Crippen LogP contribution < -0.4 is 0 Å². The number of carboxylic acids is 1. The van der Waals surface area contributed by atoms with Crippen LogP contribution in [0.2, 0.25) is 0 Å². The summed E-state index contributed by atoms with van der Waals surface area (Å²) in [4.78, 5) is 20.6. The zero-order valence-corrected chi connectivity index (χ0v) is 9.13. The number of rotatable bonds is 9. The van der Waals surface area contributed by atoms with Gasteiger partial charge in [0.25, 0.3) is 0 Å². The highest BCUT2D eigenvalue weighted by Crippen LogP contribution is 2.10. The number of aliphatic carboxylic acids is 1. The summed E-state index contributed by atoms with van der Waals surface area (Å²) in [5, 5.41) is 26.8. The molecule has 0 spiro atoms. The van der Waals surface area contributed by atoms with Gasteiger partial charge in [0.15, 0.2) is 0 Å². The second-order valence-electron chi connectivity index (χ2n) is 2.91. The molecule has 0 aliphatic heterocycles. The van der Waals surface area contributed by atoms with Gasteiger partial charge in [0.2, 0.25) is 0 Å². The lowest BCUT2D eigenvalue weighted by Gasteiger charge is -2.26. The molecule has 1 unspecified atom stereocenters. The van der Waals surface area contributed by atoms with Crippen LogP contribution in [0.3, 0.4) is 0 Å². The Kier molecular flexibility index (Phi) is 7.69. The molecule has 0 aromatic heterocycles. The van der Waals surface area contributed by atoms with E-state index in [0.717, 1.165) is 5.23 Å². The second-order valence-corrected chi connectivity index (χ2v) is 2.91. The summed E-state index contributed by atoms with van der Waals surface area (Å²) in [6.45, 7) is 4.34. The minimum atomic E-state index is -1.17. The number of carbonyl (C=O) groups is 1. The van der Waals surface area contributed by atoms with Gasteiger partial charge < -0.3 is 15.3 Å². The van der Waals surface area contributed by atoms with Gasteiger partial charge in [0, 0.05) is 0 Å². The number of aliphatic hydroxyl groups is 2. The van der Waals surface area contributed by atoms with E-state index in [1.165, 1.54) is 6.92 Å². The lowest BCUT2D eigenvalue weighted by atomic mass is 10.2. The predicted octanol–water partition coefficient (Wildman–Crippen LogP) is -0.834. The lowest BCUT2D eigenvalue weighted by molar-refractivity contribution is -0.383. The number of aliphatic hydroxyl groups excluding tert-OH is 2. The quantitative estimate of drug-likeness (QED) is 0.354. The summed E-state index contributed by atoms with van der Waals surface area (Å²) in [7, 11) is 0. The molecule has 0 heterocycles. The average molecular weight is 235 g/mol. The molecule has 0 aromatic carbocycles. The highest BCUT2D eigenvalue weighted by Gasteiger charge is 2.22. The SMILES string of the molecule is C=C(C(=O)O)C(C)N(OCCO)OCCO. The summed E-state index contributed by atoms with van der Waals surface area (Å²) in [5.41, 5.74) is -0.115. The van der Waals surface area contributed by atoms with Crippen molar-refractivity contribution in [1.82, 2.24) is 5.23 Å². The second kappa shape index (κ2) is 8.20. The van der Waals surface area contributed by atoms with E-state index in [9.17, 15) is 4.79 Å². The molecule has 0 aliphatic rings. The first-order valence-electron chi connectivity index (χ1n) is 4.73. The Morgan fingerprint density at radius 3 is 2.06 bits per heavy atom. The summed E-state index contributed by atoms with van der Waals surface area (Å²) < 4.78 is 0. The van der Waals surface area contributed by atoms with Gasteiger partial charge >= 0.3 is 5.97 Å². The van der Waals surface area contributed by atoms with Crippen LogP contribution in [-0.4, -0.2) is 59.0 Å². The van der Waals surface area contributed by atoms with Gasteiger partial charge in [-0.3, -0.25) is 9.68 Å². The molecule has 94 valence electrons. The normalized spacial score (nSPS) is 12.8. The fraction of sp³-hybridized carbons (Fsp3) is 0.667. The Hall–Kier alpha value is -0.990. The zero-order valence-electron chi connectivity index (χ0n) is 9.13. The van der Waals surface area contributed by atoms with Crippen molar-refractivity contribution in [1.29, 1.82) is 0 Å². The predicted molar refractivity (Wildman–Crippen MR) is 54.2 cm³/mol. The van der Waals surface area contributed by atoms with Crippen LogP contribution in [-0.2, 0) is 14.5 Å². The Balaban J connectivity index is 4.35. The molecule has 16 heavy (non-hydrogen) atoms. The van der Waals surface area contributed by atoms with Gasteiger partial charge in [0.05, 0.1) is 38.0 Å². The van der Waals surface area contributed by atoms with Crippen LogP contribution >= 0.6 is 0 Å². The van der Waals surface area contributed by atoms with Crippen molar-refractivity contribution in [3.63, 3.8) is 0 Å². The number of carboxylic acid groups (broad SMARTS) is 1. The summed E-state index contributed by atoms with van der Waals surface area (Å²) in [6, 6.07) is -0.726. The van der Waals surface area contributed by atoms with Crippen molar-refractivity contribution in [3.8, 4) is 0 Å². The average Bonchev–Trinajstić information content (AvgIpc) is 2.27. The van der Waals surface area contributed by atoms with Crippen LogP contribution in [0.15, 0.2) is 12.2 Å². The maximum absolute atomic E-state index is 10.7. The third kappa shape index (κ3) is 5.19. The topological polar surface area (TPSA) is 99.5 Å². The van der Waals surface area contributed by atoms with E-state index in [1.807, 2.05) is 0 Å². The molecule has 7 heteroatoms. The van der Waals surface area contributed by atoms with Crippen molar-refractivity contribution in [2.75, 3.05) is 26.4 Å². The number of hydroxylamine groups is 2. The molecular formula is C9H17NO6. The maximum Gasteiger partial charge on any atom is 0.332 e. The van der Waals surface area contributed by atoms with Crippen molar-refractivity contribution in [2.24, 2.45) is 0 Å². The Labute approximate surface area is 93.4 Å². The first-order chi connectivity index (χ1) is 7.54. The maximum atomic E-state index is 10.7. The van der Waals surface area contributed by atoms with Crippen LogP contribution in [0.4, 0.5) is 0 Å². The zero-order chi connectivity index (χ0) is 12.6. The van der Waals surface area contributed by atoms with Crippen LogP contribution in [0.5, 0.6) is 0 Å². The van der Waals surface area contributed by atoms with E-state index in [0.29, 0.717) is 0 Å². The van der Waals surface area contributed by atoms with Gasteiger partial charge in [-0.05, 0) is 6.92 Å². The number of nitrogens with zero attached hydrogens (tertiary/aromatic N) is 1. The smallest absolute Gasteiger partial charge is 0.332 e. The molecule has 7 nitrogen and oxygen atoms in total. The molecule has 0 radical (unpaired) electrons. The van der Waals surface area contributed by atoms with E-state index >= 15 is 0 Å². The third-order valence-electron chi connectivity index (χ3n) is 1.71. The van der Waals surface area contributed by atoms with E-state index in [1.54, 1.807) is 0 Å². The molecule has 0 fully saturated rings. The van der Waals surface area contributed by atoms with Crippen LogP contribution in [0.1, 0.15) is 6.92 Å². The molecule has 0 rings (SSSR count). The fourth-order valence-corrected chi connectivity index (χ4v) is 0.828. The first kappa shape index (κ1) is 15.0. The Bertz CT molecular complexity index is 224. The van der Waals surface area contributed by atoms with Crippen molar-refractivity contribution < 1.29 is 29.8 Å². The molecule has 0 aliphatic carbocycles.